The van der Waals surface area contributed by atoms with Crippen molar-refractivity contribution in [3.05, 3.63) is 62.4 Å². The van der Waals surface area contributed by atoms with Crippen molar-refractivity contribution in [2.75, 3.05) is 18.2 Å². The summed E-state index contributed by atoms with van der Waals surface area (Å²) in [5.74, 6) is 0.192. The van der Waals surface area contributed by atoms with Crippen molar-refractivity contribution in [2.24, 2.45) is 0 Å². The molecule has 11 heteroatoms. The van der Waals surface area contributed by atoms with Crippen molar-refractivity contribution >= 4 is 23.1 Å². The third-order valence-corrected chi connectivity index (χ3v) is 6.34. The number of aromatic nitrogens is 3. The van der Waals surface area contributed by atoms with Gasteiger partial charge in [0, 0.05) is 10.9 Å². The zero-order valence-electron chi connectivity index (χ0n) is 18.2. The van der Waals surface area contributed by atoms with Gasteiger partial charge in [0.05, 0.1) is 23.3 Å². The standard InChI is InChI=1S/C22H23N5O5S/c1-3-4-7-12-33-22-24-21(29)18-13-8-5-6-9-15(13)23-20(26(18)25-22)14-10-11-16(28)19(32-2)17(14)27(30)31/h5-6,8-11,20H,3-4,7,12H2,1-2H3,(H2,24,25,28,29)/p+1/t20-/m1/s1. The van der Waals surface area contributed by atoms with Crippen LogP contribution in [0.4, 0.5) is 11.4 Å². The summed E-state index contributed by atoms with van der Waals surface area (Å²) < 4.78 is 6.60. The van der Waals surface area contributed by atoms with E-state index in [0.717, 1.165) is 25.0 Å². The molecule has 2 heterocycles. The largest absolute Gasteiger partial charge is 0.504 e. The lowest BCUT2D eigenvalue weighted by Crippen LogP contribution is -2.55. The summed E-state index contributed by atoms with van der Waals surface area (Å²) in [6.45, 7) is 2.12. The van der Waals surface area contributed by atoms with Crippen molar-refractivity contribution in [1.29, 1.82) is 0 Å². The van der Waals surface area contributed by atoms with Crippen LogP contribution in [0.25, 0.3) is 11.3 Å². The van der Waals surface area contributed by atoms with Crippen LogP contribution in [0, 0.1) is 10.1 Å². The van der Waals surface area contributed by atoms with Crippen LogP contribution < -0.4 is 20.3 Å². The maximum atomic E-state index is 13.2. The summed E-state index contributed by atoms with van der Waals surface area (Å²) in [4.78, 5) is 27.4. The van der Waals surface area contributed by atoms with E-state index in [0.29, 0.717) is 16.4 Å². The number of aromatic amines is 1. The molecule has 0 radical (unpaired) electrons. The van der Waals surface area contributed by atoms with Gasteiger partial charge in [0.15, 0.2) is 5.75 Å². The molecule has 10 nitrogen and oxygen atoms in total. The summed E-state index contributed by atoms with van der Waals surface area (Å²) in [6.07, 6.45) is 2.27. The Kier molecular flexibility index (Phi) is 6.50. The number of rotatable bonds is 8. The summed E-state index contributed by atoms with van der Waals surface area (Å²) in [5.41, 5.74) is 1.03. The minimum absolute atomic E-state index is 0.204. The zero-order chi connectivity index (χ0) is 23.5. The molecular formula is C22H24N5O5S+. The molecule has 0 amide bonds. The van der Waals surface area contributed by atoms with E-state index in [4.69, 9.17) is 4.74 Å². The number of methoxy groups -OCH3 is 1. The Hall–Kier alpha value is -3.60. The van der Waals surface area contributed by atoms with Crippen LogP contribution in [0.3, 0.4) is 0 Å². The van der Waals surface area contributed by atoms with E-state index in [2.05, 4.69) is 22.3 Å². The molecule has 1 aliphatic rings. The fourth-order valence-corrected chi connectivity index (χ4v) is 4.72. The third kappa shape index (κ3) is 4.23. The second-order valence-corrected chi connectivity index (χ2v) is 8.60. The van der Waals surface area contributed by atoms with Crippen LogP contribution in [-0.2, 0) is 0 Å². The number of H-pyrrole nitrogens is 1. The average Bonchev–Trinajstić information content (AvgIpc) is 2.81. The molecule has 1 atom stereocenters. The van der Waals surface area contributed by atoms with E-state index in [-0.39, 0.29) is 28.3 Å². The number of phenols is 1. The summed E-state index contributed by atoms with van der Waals surface area (Å²) in [5, 5.41) is 30.4. The van der Waals surface area contributed by atoms with Gasteiger partial charge in [-0.05, 0) is 35.4 Å². The predicted octanol–water partition coefficient (Wildman–Crippen LogP) is 3.60. The van der Waals surface area contributed by atoms with Gasteiger partial charge < -0.3 is 15.2 Å². The van der Waals surface area contributed by atoms with Crippen LogP contribution in [0.2, 0.25) is 0 Å². The van der Waals surface area contributed by atoms with Gasteiger partial charge in [-0.25, -0.2) is 0 Å². The number of nitrogens with zero attached hydrogens (tertiary/aromatic N) is 3. The number of thioether (sulfide) groups is 1. The van der Waals surface area contributed by atoms with Crippen LogP contribution in [0.5, 0.6) is 11.5 Å². The van der Waals surface area contributed by atoms with Gasteiger partial charge in [-0.2, -0.15) is 0 Å². The first-order valence-electron chi connectivity index (χ1n) is 10.5. The minimum atomic E-state index is -0.873. The van der Waals surface area contributed by atoms with Gasteiger partial charge in [0.2, 0.25) is 10.9 Å². The predicted molar refractivity (Wildman–Crippen MR) is 124 cm³/mol. The van der Waals surface area contributed by atoms with E-state index in [1.165, 1.54) is 35.7 Å². The monoisotopic (exact) mass is 470 g/mol. The summed E-state index contributed by atoms with van der Waals surface area (Å²) >= 11 is 1.43. The van der Waals surface area contributed by atoms with Gasteiger partial charge in [-0.3, -0.25) is 19.9 Å². The first kappa shape index (κ1) is 22.6. The first-order valence-corrected chi connectivity index (χ1v) is 11.5. The van der Waals surface area contributed by atoms with Crippen molar-refractivity contribution < 1.29 is 19.4 Å². The van der Waals surface area contributed by atoms with Gasteiger partial charge in [0.1, 0.15) is 5.56 Å². The Morgan fingerprint density at radius 2 is 2.06 bits per heavy atom. The van der Waals surface area contributed by atoms with E-state index >= 15 is 0 Å². The number of aromatic hydroxyl groups is 1. The van der Waals surface area contributed by atoms with Gasteiger partial charge in [0.25, 0.3) is 6.17 Å². The number of nitrogens with one attached hydrogen (secondary N) is 2. The smallest absolute Gasteiger partial charge is 0.326 e. The van der Waals surface area contributed by atoms with Crippen molar-refractivity contribution in [1.82, 2.24) is 10.1 Å². The number of nitro groups is 1. The maximum absolute atomic E-state index is 13.2. The highest BCUT2D eigenvalue weighted by Crippen LogP contribution is 2.42. The van der Waals surface area contributed by atoms with Crippen LogP contribution in [-0.4, -0.2) is 33.0 Å². The number of fused-ring (bicyclic) bond motifs is 3. The van der Waals surface area contributed by atoms with Gasteiger partial charge in [-0.1, -0.05) is 43.7 Å². The molecule has 33 heavy (non-hydrogen) atoms. The number of hydrogen-bond donors (Lipinski definition) is 3. The highest BCUT2D eigenvalue weighted by Gasteiger charge is 2.42. The number of benzene rings is 2. The maximum Gasteiger partial charge on any atom is 0.326 e. The quantitative estimate of drug-likeness (QED) is 0.149. The number of anilines is 1. The molecule has 172 valence electrons. The Balaban J connectivity index is 1.90. The Morgan fingerprint density at radius 1 is 1.27 bits per heavy atom. The summed E-state index contributed by atoms with van der Waals surface area (Å²) in [7, 11) is 1.25. The lowest BCUT2D eigenvalue weighted by atomic mass is 10.0. The van der Waals surface area contributed by atoms with E-state index in [9.17, 15) is 20.0 Å². The van der Waals surface area contributed by atoms with Crippen LogP contribution >= 0.6 is 11.8 Å². The molecule has 0 saturated carbocycles. The number of para-hydroxylation sites is 1. The fourth-order valence-electron chi connectivity index (χ4n) is 3.87. The first-order chi connectivity index (χ1) is 16.0. The van der Waals surface area contributed by atoms with Gasteiger partial charge in [-0.15, -0.1) is 0 Å². The van der Waals surface area contributed by atoms with Crippen molar-refractivity contribution in [3.63, 3.8) is 0 Å². The SMILES string of the molecule is CCCCCSc1n[n+]2c(c(=O)[nH]1)-c1ccccc1N[C@H]2c1ccc(O)c(OC)c1[N+](=O)[O-]. The van der Waals surface area contributed by atoms with E-state index in [1.54, 1.807) is 12.1 Å². The Morgan fingerprint density at radius 3 is 2.79 bits per heavy atom. The molecule has 3 N–H and O–H groups in total. The molecule has 4 rings (SSSR count). The molecule has 2 aromatic carbocycles. The highest BCUT2D eigenvalue weighted by atomic mass is 32.2. The molecule has 3 aromatic rings. The number of unbranched alkanes of at least 4 members (excludes halogenated alkanes) is 2. The number of phenolic OH excluding ortho intramolecular Hbond substituents is 1. The van der Waals surface area contributed by atoms with Crippen molar-refractivity contribution in [3.8, 4) is 22.8 Å². The Bertz CT molecular complexity index is 1260. The fraction of sp³-hybridized carbons (Fsp3) is 0.318. The summed E-state index contributed by atoms with van der Waals surface area (Å²) in [6, 6.07) is 9.98. The number of nitro benzene ring substituents is 1. The molecule has 0 saturated heterocycles. The molecule has 0 spiro atoms. The highest BCUT2D eigenvalue weighted by molar-refractivity contribution is 7.99. The lowest BCUT2D eigenvalue weighted by molar-refractivity contribution is -0.759. The van der Waals surface area contributed by atoms with E-state index in [1.807, 2.05) is 12.1 Å². The topological polar surface area (TPSA) is 134 Å². The molecule has 0 aliphatic carbocycles. The lowest BCUT2D eigenvalue weighted by Gasteiger charge is -2.22. The van der Waals surface area contributed by atoms with E-state index < -0.39 is 16.8 Å². The zero-order valence-corrected chi connectivity index (χ0v) is 19.0. The molecule has 0 unspecified atom stereocenters. The molecule has 0 fully saturated rings. The average molecular weight is 471 g/mol. The minimum Gasteiger partial charge on any atom is -0.504 e. The third-order valence-electron chi connectivity index (χ3n) is 5.39. The molecule has 0 bridgehead atoms. The van der Waals surface area contributed by atoms with Crippen LogP contribution in [0.1, 0.15) is 37.9 Å². The van der Waals surface area contributed by atoms with Gasteiger partial charge >= 0.3 is 16.9 Å². The Labute approximate surface area is 193 Å². The number of ether oxygens (including phenoxy) is 1. The molecule has 1 aromatic heterocycles. The molecular weight excluding hydrogens is 446 g/mol. The second-order valence-electron chi connectivity index (χ2n) is 7.51. The molecule has 1 aliphatic heterocycles. The normalized spacial score (nSPS) is 14.2. The number of hydrogen-bond acceptors (Lipinski definition) is 8. The van der Waals surface area contributed by atoms with Crippen LogP contribution in [0.15, 0.2) is 46.3 Å². The second kappa shape index (κ2) is 9.49. The van der Waals surface area contributed by atoms with Crippen molar-refractivity contribution in [2.45, 2.75) is 37.5 Å².